The van der Waals surface area contributed by atoms with Crippen molar-refractivity contribution >= 4 is 27.6 Å². The van der Waals surface area contributed by atoms with Crippen LogP contribution in [0.1, 0.15) is 21.7 Å². The summed E-state index contributed by atoms with van der Waals surface area (Å²) in [6.07, 6.45) is 3.56. The van der Waals surface area contributed by atoms with E-state index in [2.05, 4.69) is 14.4 Å². The highest BCUT2D eigenvalue weighted by Crippen LogP contribution is 2.23. The fourth-order valence-corrected chi connectivity index (χ4v) is 4.18. The molecule has 1 N–H and O–H groups in total. The molecule has 0 aliphatic carbocycles. The van der Waals surface area contributed by atoms with Crippen molar-refractivity contribution in [2.45, 2.75) is 18.4 Å². The topological polar surface area (TPSA) is 90.3 Å². The predicted molar refractivity (Wildman–Crippen MR) is 105 cm³/mol. The van der Waals surface area contributed by atoms with Gasteiger partial charge in [0.2, 0.25) is 10.0 Å². The molecule has 0 aliphatic heterocycles. The fourth-order valence-electron chi connectivity index (χ4n) is 2.64. The molecule has 0 saturated carbocycles. The van der Waals surface area contributed by atoms with Crippen LogP contribution in [0.3, 0.4) is 0 Å². The van der Waals surface area contributed by atoms with Crippen LogP contribution in [0.15, 0.2) is 59.8 Å². The van der Waals surface area contributed by atoms with E-state index in [9.17, 15) is 13.2 Å². The van der Waals surface area contributed by atoms with Crippen molar-refractivity contribution in [1.29, 1.82) is 0 Å². The summed E-state index contributed by atoms with van der Waals surface area (Å²) < 4.78 is 34.3. The Hall–Kier alpha value is -2.68. The summed E-state index contributed by atoms with van der Waals surface area (Å²) in [6.45, 7) is 1.97. The summed E-state index contributed by atoms with van der Waals surface area (Å²) in [7, 11) is -2.70. The minimum absolute atomic E-state index is 0.0195. The third-order valence-electron chi connectivity index (χ3n) is 4.15. The number of carbonyl (C=O) groups excluding carboxylic acids is 1. The first kappa shape index (κ1) is 20.1. The molecule has 0 amide bonds. The van der Waals surface area contributed by atoms with Gasteiger partial charge in [-0.3, -0.25) is 0 Å². The zero-order valence-corrected chi connectivity index (χ0v) is 16.8. The molecule has 0 saturated heterocycles. The summed E-state index contributed by atoms with van der Waals surface area (Å²) in [6, 6.07) is 11.4. The monoisotopic (exact) mass is 419 g/mol. The van der Waals surface area contributed by atoms with E-state index >= 15 is 0 Å². The van der Waals surface area contributed by atoms with Crippen LogP contribution < -0.4 is 4.72 Å². The highest BCUT2D eigenvalue weighted by molar-refractivity contribution is 7.89. The lowest BCUT2D eigenvalue weighted by Gasteiger charge is -2.11. The van der Waals surface area contributed by atoms with E-state index in [0.29, 0.717) is 0 Å². The molecule has 146 valence electrons. The van der Waals surface area contributed by atoms with Crippen LogP contribution in [0.5, 0.6) is 0 Å². The Bertz CT molecular complexity index is 1110. The lowest BCUT2D eigenvalue weighted by molar-refractivity contribution is 0.0600. The molecule has 3 rings (SSSR count). The van der Waals surface area contributed by atoms with E-state index in [0.717, 1.165) is 17.1 Å². The van der Waals surface area contributed by atoms with E-state index < -0.39 is 16.0 Å². The van der Waals surface area contributed by atoms with Crippen molar-refractivity contribution in [1.82, 2.24) is 14.3 Å². The summed E-state index contributed by atoms with van der Waals surface area (Å²) in [4.78, 5) is 15.6. The van der Waals surface area contributed by atoms with Crippen LogP contribution in [0.2, 0.25) is 5.02 Å². The van der Waals surface area contributed by atoms with Gasteiger partial charge in [0.1, 0.15) is 10.7 Å². The molecule has 28 heavy (non-hydrogen) atoms. The van der Waals surface area contributed by atoms with Crippen molar-refractivity contribution in [3.8, 4) is 5.69 Å². The Kier molecular flexibility index (Phi) is 5.83. The Balaban J connectivity index is 1.77. The van der Waals surface area contributed by atoms with Gasteiger partial charge in [-0.05, 0) is 42.8 Å². The quantitative estimate of drug-likeness (QED) is 0.620. The van der Waals surface area contributed by atoms with Crippen LogP contribution in [0.25, 0.3) is 5.69 Å². The Labute approximate surface area is 168 Å². The third-order valence-corrected chi connectivity index (χ3v) is 6.03. The number of rotatable bonds is 6. The zero-order valence-electron chi connectivity index (χ0n) is 15.2. The number of halogens is 1. The van der Waals surface area contributed by atoms with Crippen molar-refractivity contribution in [3.05, 3.63) is 76.8 Å². The average Bonchev–Trinajstić information content (AvgIpc) is 3.12. The van der Waals surface area contributed by atoms with Gasteiger partial charge in [-0.2, -0.15) is 0 Å². The Morgan fingerprint density at radius 1 is 1.21 bits per heavy atom. The Morgan fingerprint density at radius 3 is 2.54 bits per heavy atom. The third kappa shape index (κ3) is 4.24. The molecule has 0 bridgehead atoms. The summed E-state index contributed by atoms with van der Waals surface area (Å²) in [5.41, 5.74) is 1.80. The van der Waals surface area contributed by atoms with Gasteiger partial charge in [-0.1, -0.05) is 23.7 Å². The molecule has 0 aliphatic rings. The molecule has 7 nitrogen and oxygen atoms in total. The second-order valence-corrected chi connectivity index (χ2v) is 8.11. The lowest BCUT2D eigenvalue weighted by Crippen LogP contribution is -2.24. The second kappa shape index (κ2) is 8.14. The molecule has 1 aromatic heterocycles. The minimum Gasteiger partial charge on any atom is -0.465 e. The van der Waals surface area contributed by atoms with Gasteiger partial charge in [0.25, 0.3) is 0 Å². The summed E-state index contributed by atoms with van der Waals surface area (Å²) in [5.74, 6) is 0.215. The van der Waals surface area contributed by atoms with Crippen LogP contribution in [0.4, 0.5) is 0 Å². The number of sulfonamides is 1. The van der Waals surface area contributed by atoms with Gasteiger partial charge in [-0.15, -0.1) is 0 Å². The van der Waals surface area contributed by atoms with Crippen molar-refractivity contribution in [2.24, 2.45) is 0 Å². The normalized spacial score (nSPS) is 11.4. The van der Waals surface area contributed by atoms with E-state index in [4.69, 9.17) is 11.6 Å². The van der Waals surface area contributed by atoms with Gasteiger partial charge in [-0.25, -0.2) is 22.9 Å². The van der Waals surface area contributed by atoms with E-state index in [1.54, 1.807) is 6.20 Å². The summed E-state index contributed by atoms with van der Waals surface area (Å²) >= 11 is 6.02. The number of carbonyl (C=O) groups is 1. The molecule has 3 aromatic rings. The van der Waals surface area contributed by atoms with Crippen LogP contribution >= 0.6 is 11.6 Å². The fraction of sp³-hybridized carbons (Fsp3) is 0.158. The molecule has 2 aromatic carbocycles. The zero-order chi connectivity index (χ0) is 20.3. The average molecular weight is 420 g/mol. The minimum atomic E-state index is -3.92. The van der Waals surface area contributed by atoms with Gasteiger partial charge < -0.3 is 9.30 Å². The van der Waals surface area contributed by atoms with Gasteiger partial charge in [0, 0.05) is 24.6 Å². The smallest absolute Gasteiger partial charge is 0.337 e. The number of nitrogens with one attached hydrogen (secondary N) is 1. The number of aryl methyl sites for hydroxylation is 1. The number of methoxy groups -OCH3 is 1. The molecule has 0 atom stereocenters. The number of hydrogen-bond acceptors (Lipinski definition) is 5. The number of nitrogens with zero attached hydrogens (tertiary/aromatic N) is 2. The molecule has 9 heteroatoms. The predicted octanol–water partition coefficient (Wildman–Crippen LogP) is 3.10. The lowest BCUT2D eigenvalue weighted by atomic mass is 10.2. The molecular weight excluding hydrogens is 402 g/mol. The molecule has 0 fully saturated rings. The first-order valence-corrected chi connectivity index (χ1v) is 10.1. The van der Waals surface area contributed by atoms with Gasteiger partial charge in [0.05, 0.1) is 17.7 Å². The number of aromatic nitrogens is 2. The number of ether oxygens (including phenoxy) is 1. The van der Waals surface area contributed by atoms with Crippen LogP contribution in [-0.2, 0) is 21.3 Å². The summed E-state index contributed by atoms with van der Waals surface area (Å²) in [5, 5.41) is 0.0195. The highest BCUT2D eigenvalue weighted by Gasteiger charge is 2.20. The number of esters is 1. The first-order valence-electron chi connectivity index (χ1n) is 8.28. The number of imidazole rings is 1. The first-order chi connectivity index (χ1) is 13.3. The maximum absolute atomic E-state index is 12.6. The second-order valence-electron chi connectivity index (χ2n) is 5.97. The van der Waals surface area contributed by atoms with Gasteiger partial charge in [0.15, 0.2) is 0 Å². The molecular formula is C19H18ClN3O4S. The maximum Gasteiger partial charge on any atom is 0.337 e. The van der Waals surface area contributed by atoms with Crippen LogP contribution in [0, 0.1) is 6.92 Å². The maximum atomic E-state index is 12.6. The van der Waals surface area contributed by atoms with Crippen molar-refractivity contribution in [3.63, 3.8) is 0 Å². The molecule has 0 unspecified atom stereocenters. The van der Waals surface area contributed by atoms with E-state index in [1.807, 2.05) is 42.0 Å². The van der Waals surface area contributed by atoms with Crippen LogP contribution in [-0.4, -0.2) is 31.0 Å². The van der Waals surface area contributed by atoms with Crippen molar-refractivity contribution < 1.29 is 17.9 Å². The van der Waals surface area contributed by atoms with E-state index in [-0.39, 0.29) is 22.0 Å². The number of benzene rings is 2. The molecule has 0 spiro atoms. The van der Waals surface area contributed by atoms with Crippen molar-refractivity contribution in [2.75, 3.05) is 7.11 Å². The highest BCUT2D eigenvalue weighted by atomic mass is 35.5. The Morgan fingerprint density at radius 2 is 1.93 bits per heavy atom. The standard InChI is InChI=1S/C19H18ClN3O4S/c1-13-21-9-10-23(13)16-6-3-14(4-7-16)12-22-28(25,26)18-11-15(19(24)27-2)5-8-17(18)20/h3-11,22H,12H2,1-2H3. The van der Waals surface area contributed by atoms with E-state index in [1.165, 1.54) is 25.3 Å². The molecule has 0 radical (unpaired) electrons. The van der Waals surface area contributed by atoms with Gasteiger partial charge >= 0.3 is 5.97 Å². The SMILES string of the molecule is COC(=O)c1ccc(Cl)c(S(=O)(=O)NCc2ccc(-n3ccnc3C)cc2)c1. The number of hydrogen-bond donors (Lipinski definition) is 1. The molecule has 1 heterocycles. The largest absolute Gasteiger partial charge is 0.465 e.